The molecule has 0 amide bonds. The van der Waals surface area contributed by atoms with Gasteiger partial charge in [-0.15, -0.1) is 11.6 Å². The number of nitrogens with zero attached hydrogens (tertiary/aromatic N) is 4. The summed E-state index contributed by atoms with van der Waals surface area (Å²) < 4.78 is 6.79. The van der Waals surface area contributed by atoms with Gasteiger partial charge in [-0.3, -0.25) is 4.57 Å². The lowest BCUT2D eigenvalue weighted by Crippen LogP contribution is -2.38. The van der Waals surface area contributed by atoms with Crippen LogP contribution < -0.4 is 5.73 Å². The Bertz CT molecular complexity index is 631. The SMILES string of the molecule is C[C@@]1(Cl)[C@H](O)C(O)O[C@H]1n1cnc2c(N)ncnc21. The largest absolute Gasteiger partial charge is 0.386 e. The highest BCUT2D eigenvalue weighted by atomic mass is 35.5. The van der Waals surface area contributed by atoms with Crippen LogP contribution in [0.4, 0.5) is 5.82 Å². The second-order valence-electron chi connectivity index (χ2n) is 4.56. The highest BCUT2D eigenvalue weighted by Crippen LogP contribution is 2.43. The van der Waals surface area contributed by atoms with Crippen LogP contribution in [0.3, 0.4) is 0 Å². The van der Waals surface area contributed by atoms with Crippen molar-refractivity contribution in [2.24, 2.45) is 0 Å². The number of anilines is 1. The van der Waals surface area contributed by atoms with E-state index in [4.69, 9.17) is 22.1 Å². The number of hydrogen-bond acceptors (Lipinski definition) is 7. The van der Waals surface area contributed by atoms with Crippen molar-refractivity contribution in [3.63, 3.8) is 0 Å². The van der Waals surface area contributed by atoms with E-state index in [-0.39, 0.29) is 5.82 Å². The Labute approximate surface area is 112 Å². The number of aliphatic hydroxyl groups is 2. The molecule has 102 valence electrons. The number of fused-ring (bicyclic) bond motifs is 1. The first-order valence-corrected chi connectivity index (χ1v) is 5.94. The number of halogens is 1. The fourth-order valence-corrected chi connectivity index (χ4v) is 2.41. The third-order valence-electron chi connectivity index (χ3n) is 3.24. The summed E-state index contributed by atoms with van der Waals surface area (Å²) in [7, 11) is 0. The summed E-state index contributed by atoms with van der Waals surface area (Å²) in [6.45, 7) is 1.57. The van der Waals surface area contributed by atoms with Crippen LogP contribution in [0.2, 0.25) is 0 Å². The van der Waals surface area contributed by atoms with E-state index in [0.29, 0.717) is 11.2 Å². The van der Waals surface area contributed by atoms with Crippen LogP contribution in [0.15, 0.2) is 12.7 Å². The fourth-order valence-electron chi connectivity index (χ4n) is 2.14. The Balaban J connectivity index is 2.13. The highest BCUT2D eigenvalue weighted by molar-refractivity contribution is 6.24. The Morgan fingerprint density at radius 2 is 2.16 bits per heavy atom. The molecule has 0 aliphatic carbocycles. The molecule has 0 spiro atoms. The van der Waals surface area contributed by atoms with Gasteiger partial charge in [0.05, 0.1) is 6.33 Å². The van der Waals surface area contributed by atoms with Gasteiger partial charge in [-0.1, -0.05) is 0 Å². The zero-order valence-electron chi connectivity index (χ0n) is 9.93. The van der Waals surface area contributed by atoms with Gasteiger partial charge in [0.15, 0.2) is 24.0 Å². The van der Waals surface area contributed by atoms with Gasteiger partial charge in [-0.2, -0.15) is 0 Å². The molecule has 8 nitrogen and oxygen atoms in total. The summed E-state index contributed by atoms with van der Waals surface area (Å²) in [6, 6.07) is 0. The first kappa shape index (κ1) is 12.5. The quantitative estimate of drug-likeness (QED) is 0.611. The summed E-state index contributed by atoms with van der Waals surface area (Å²) in [5.41, 5.74) is 6.52. The molecule has 4 N–H and O–H groups in total. The molecule has 0 bridgehead atoms. The smallest absolute Gasteiger partial charge is 0.185 e. The normalized spacial score (nSPS) is 35.1. The summed E-state index contributed by atoms with van der Waals surface area (Å²) in [5.74, 6) is 0.235. The molecule has 0 aromatic carbocycles. The van der Waals surface area contributed by atoms with Crippen molar-refractivity contribution in [3.8, 4) is 0 Å². The second-order valence-corrected chi connectivity index (χ2v) is 5.37. The number of nitrogens with two attached hydrogens (primary N) is 1. The van der Waals surface area contributed by atoms with Crippen molar-refractivity contribution in [3.05, 3.63) is 12.7 Å². The maximum Gasteiger partial charge on any atom is 0.185 e. The molecule has 0 saturated carbocycles. The van der Waals surface area contributed by atoms with Crippen LogP contribution in [0.25, 0.3) is 11.2 Å². The molecular formula is C10H12ClN5O3. The highest BCUT2D eigenvalue weighted by Gasteiger charge is 2.53. The fraction of sp³-hybridized carbons (Fsp3) is 0.500. The van der Waals surface area contributed by atoms with Gasteiger partial charge in [-0.05, 0) is 6.92 Å². The number of ether oxygens (including phenoxy) is 1. The zero-order valence-corrected chi connectivity index (χ0v) is 10.7. The number of rotatable bonds is 1. The van der Waals surface area contributed by atoms with Gasteiger partial charge in [0.25, 0.3) is 0 Å². The molecule has 19 heavy (non-hydrogen) atoms. The molecule has 0 radical (unpaired) electrons. The van der Waals surface area contributed by atoms with E-state index in [0.717, 1.165) is 0 Å². The monoisotopic (exact) mass is 285 g/mol. The first-order chi connectivity index (χ1) is 8.93. The van der Waals surface area contributed by atoms with E-state index >= 15 is 0 Å². The molecule has 2 aromatic rings. The molecule has 3 heterocycles. The van der Waals surface area contributed by atoms with Gasteiger partial charge in [0, 0.05) is 0 Å². The van der Waals surface area contributed by atoms with E-state index in [9.17, 15) is 10.2 Å². The van der Waals surface area contributed by atoms with E-state index in [1.807, 2.05) is 0 Å². The van der Waals surface area contributed by atoms with Gasteiger partial charge in [0.2, 0.25) is 0 Å². The molecule has 9 heteroatoms. The summed E-state index contributed by atoms with van der Waals surface area (Å²) >= 11 is 6.25. The van der Waals surface area contributed by atoms with Crippen LogP contribution in [0, 0.1) is 0 Å². The van der Waals surface area contributed by atoms with Crippen LogP contribution in [-0.2, 0) is 4.74 Å². The predicted molar refractivity (Wildman–Crippen MR) is 66.1 cm³/mol. The molecule has 1 unspecified atom stereocenters. The van der Waals surface area contributed by atoms with Crippen molar-refractivity contribution in [1.29, 1.82) is 0 Å². The minimum absolute atomic E-state index is 0.235. The Morgan fingerprint density at radius 3 is 2.79 bits per heavy atom. The predicted octanol–water partition coefficient (Wildman–Crippen LogP) is -0.386. The van der Waals surface area contributed by atoms with Gasteiger partial charge in [-0.25, -0.2) is 15.0 Å². The van der Waals surface area contributed by atoms with Gasteiger partial charge >= 0.3 is 0 Å². The Hall–Kier alpha value is -1.48. The molecule has 1 aliphatic rings. The standard InChI is InChI=1S/C10H12ClN5O3/c1-10(11)5(17)8(18)19-9(10)16-3-15-4-6(12)13-2-14-7(4)16/h2-3,5,8-9,17-18H,1H3,(H2,12,13,14)/t5-,8?,9-,10-/m1/s1. The molecular weight excluding hydrogens is 274 g/mol. The van der Waals surface area contributed by atoms with E-state index in [1.165, 1.54) is 17.2 Å². The summed E-state index contributed by atoms with van der Waals surface area (Å²) in [5, 5.41) is 19.4. The van der Waals surface area contributed by atoms with Crippen LogP contribution in [0.5, 0.6) is 0 Å². The lowest BCUT2D eigenvalue weighted by molar-refractivity contribution is -0.140. The average molecular weight is 286 g/mol. The van der Waals surface area contributed by atoms with E-state index < -0.39 is 23.5 Å². The lowest BCUT2D eigenvalue weighted by Gasteiger charge is -2.25. The maximum absolute atomic E-state index is 9.82. The number of aromatic nitrogens is 4. The van der Waals surface area contributed by atoms with Gasteiger partial charge in [0.1, 0.15) is 22.8 Å². The number of imidazole rings is 1. The molecule has 1 aliphatic heterocycles. The second kappa shape index (κ2) is 4.01. The average Bonchev–Trinajstić information content (AvgIpc) is 2.86. The number of nitrogen functional groups attached to an aromatic ring is 1. The van der Waals surface area contributed by atoms with Crippen LogP contribution >= 0.6 is 11.6 Å². The van der Waals surface area contributed by atoms with E-state index in [1.54, 1.807) is 6.92 Å². The van der Waals surface area contributed by atoms with Gasteiger partial charge < -0.3 is 20.7 Å². The molecule has 2 aromatic heterocycles. The Kier molecular flexibility index (Phi) is 2.65. The minimum atomic E-state index is -1.37. The minimum Gasteiger partial charge on any atom is -0.386 e. The van der Waals surface area contributed by atoms with Crippen molar-refractivity contribution in [2.75, 3.05) is 5.73 Å². The van der Waals surface area contributed by atoms with Crippen LogP contribution in [0.1, 0.15) is 13.2 Å². The topological polar surface area (TPSA) is 119 Å². The number of alkyl halides is 1. The number of aliphatic hydroxyl groups excluding tert-OH is 2. The van der Waals surface area contributed by atoms with Crippen LogP contribution in [-0.4, -0.2) is 47.0 Å². The molecule has 1 fully saturated rings. The molecule has 3 rings (SSSR count). The molecule has 4 atom stereocenters. The van der Waals surface area contributed by atoms with Crippen molar-refractivity contribution >= 4 is 28.6 Å². The van der Waals surface area contributed by atoms with Crippen molar-refractivity contribution < 1.29 is 14.9 Å². The maximum atomic E-state index is 9.82. The van der Waals surface area contributed by atoms with Crippen molar-refractivity contribution in [1.82, 2.24) is 19.5 Å². The zero-order chi connectivity index (χ0) is 13.8. The summed E-state index contributed by atoms with van der Waals surface area (Å²) in [4.78, 5) is 10.8. The van der Waals surface area contributed by atoms with E-state index in [2.05, 4.69) is 15.0 Å². The van der Waals surface area contributed by atoms with Crippen molar-refractivity contribution in [2.45, 2.75) is 30.4 Å². The third-order valence-corrected chi connectivity index (χ3v) is 3.65. The third kappa shape index (κ3) is 1.68. The summed E-state index contributed by atoms with van der Waals surface area (Å²) in [6.07, 6.45) is -0.687. The Morgan fingerprint density at radius 1 is 1.42 bits per heavy atom. The lowest BCUT2D eigenvalue weighted by atomic mass is 10.0. The number of hydrogen-bond donors (Lipinski definition) is 3. The first-order valence-electron chi connectivity index (χ1n) is 5.56. The molecule has 1 saturated heterocycles.